The summed E-state index contributed by atoms with van der Waals surface area (Å²) in [6.45, 7) is -0.143. The third-order valence-corrected chi connectivity index (χ3v) is 3.57. The second-order valence-electron chi connectivity index (χ2n) is 5.33. The van der Waals surface area contributed by atoms with Crippen LogP contribution in [0.25, 0.3) is 0 Å². The molecule has 7 heteroatoms. The summed E-state index contributed by atoms with van der Waals surface area (Å²) in [7, 11) is 3.17. The molecule has 1 rings (SSSR count). The highest BCUT2D eigenvalue weighted by Gasteiger charge is 2.30. The van der Waals surface area contributed by atoms with Gasteiger partial charge in [-0.05, 0) is 18.8 Å². The molecule has 0 aromatic rings. The molecule has 0 spiro atoms. The van der Waals surface area contributed by atoms with Crippen LogP contribution in [0.5, 0.6) is 0 Å². The maximum atomic E-state index is 11.7. The maximum Gasteiger partial charge on any atom is 0.326 e. The van der Waals surface area contributed by atoms with Crippen molar-refractivity contribution in [2.24, 2.45) is 5.92 Å². The monoisotopic (exact) mass is 285 g/mol. The van der Waals surface area contributed by atoms with E-state index in [1.807, 2.05) is 0 Å². The van der Waals surface area contributed by atoms with Crippen LogP contribution in [0.1, 0.15) is 32.1 Å². The van der Waals surface area contributed by atoms with Gasteiger partial charge in [0.2, 0.25) is 5.91 Å². The Morgan fingerprint density at radius 3 is 2.30 bits per heavy atom. The molecule has 7 nitrogen and oxygen atoms in total. The summed E-state index contributed by atoms with van der Waals surface area (Å²) in [5.41, 5.74) is 0. The minimum absolute atomic E-state index is 0.0310. The molecule has 0 bridgehead atoms. The molecule has 114 valence electrons. The number of nitrogens with one attached hydrogen (secondary N) is 2. The van der Waals surface area contributed by atoms with Gasteiger partial charge in [0.05, 0.1) is 6.54 Å². The Morgan fingerprint density at radius 2 is 1.80 bits per heavy atom. The minimum Gasteiger partial charge on any atom is -0.480 e. The summed E-state index contributed by atoms with van der Waals surface area (Å²) in [4.78, 5) is 35.6. The van der Waals surface area contributed by atoms with Crippen molar-refractivity contribution in [1.29, 1.82) is 0 Å². The molecular weight excluding hydrogens is 262 g/mol. The van der Waals surface area contributed by atoms with Gasteiger partial charge in [-0.3, -0.25) is 4.79 Å². The molecule has 0 saturated heterocycles. The van der Waals surface area contributed by atoms with Crippen LogP contribution in [0.15, 0.2) is 0 Å². The summed E-state index contributed by atoms with van der Waals surface area (Å²) in [5.74, 6) is -1.30. The van der Waals surface area contributed by atoms with Crippen LogP contribution in [0.2, 0.25) is 0 Å². The van der Waals surface area contributed by atoms with Gasteiger partial charge < -0.3 is 20.6 Å². The summed E-state index contributed by atoms with van der Waals surface area (Å²) >= 11 is 0. The molecule has 0 aliphatic heterocycles. The molecule has 1 aliphatic rings. The number of carbonyl (C=O) groups is 3. The lowest BCUT2D eigenvalue weighted by Crippen LogP contribution is -2.51. The van der Waals surface area contributed by atoms with E-state index in [0.29, 0.717) is 0 Å². The zero-order chi connectivity index (χ0) is 15.1. The first-order valence-electron chi connectivity index (χ1n) is 6.89. The molecule has 20 heavy (non-hydrogen) atoms. The van der Waals surface area contributed by atoms with Crippen molar-refractivity contribution in [3.05, 3.63) is 0 Å². The minimum atomic E-state index is -1.02. The molecule has 1 unspecified atom stereocenters. The Balaban J connectivity index is 2.46. The molecule has 0 heterocycles. The number of carbonyl (C=O) groups excluding carboxylic acids is 2. The van der Waals surface area contributed by atoms with E-state index in [2.05, 4.69) is 10.6 Å². The number of aliphatic carboxylic acids is 1. The van der Waals surface area contributed by atoms with Crippen molar-refractivity contribution in [3.8, 4) is 0 Å². The number of rotatable bonds is 5. The fourth-order valence-electron chi connectivity index (χ4n) is 2.35. The Morgan fingerprint density at radius 1 is 1.20 bits per heavy atom. The van der Waals surface area contributed by atoms with Crippen molar-refractivity contribution in [2.75, 3.05) is 20.6 Å². The number of hydrogen-bond acceptors (Lipinski definition) is 3. The van der Waals surface area contributed by atoms with Crippen molar-refractivity contribution in [1.82, 2.24) is 15.5 Å². The van der Waals surface area contributed by atoms with Gasteiger partial charge in [-0.15, -0.1) is 0 Å². The van der Waals surface area contributed by atoms with E-state index >= 15 is 0 Å². The van der Waals surface area contributed by atoms with Crippen LogP contribution in [0, 0.1) is 5.92 Å². The highest BCUT2D eigenvalue weighted by Crippen LogP contribution is 2.26. The average molecular weight is 285 g/mol. The van der Waals surface area contributed by atoms with Gasteiger partial charge in [-0.25, -0.2) is 9.59 Å². The maximum absolute atomic E-state index is 11.7. The molecular formula is C13H23N3O4. The van der Waals surface area contributed by atoms with E-state index in [9.17, 15) is 19.5 Å². The molecule has 1 saturated carbocycles. The van der Waals surface area contributed by atoms with Crippen LogP contribution in [0.3, 0.4) is 0 Å². The predicted octanol–water partition coefficient (Wildman–Crippen LogP) is 0.407. The normalized spacial score (nSPS) is 17.1. The van der Waals surface area contributed by atoms with Gasteiger partial charge in [-0.1, -0.05) is 19.3 Å². The van der Waals surface area contributed by atoms with Crippen molar-refractivity contribution in [3.63, 3.8) is 0 Å². The quantitative estimate of drug-likeness (QED) is 0.681. The van der Waals surface area contributed by atoms with E-state index in [1.54, 1.807) is 14.1 Å². The largest absolute Gasteiger partial charge is 0.480 e. The third kappa shape index (κ3) is 5.07. The second-order valence-corrected chi connectivity index (χ2v) is 5.33. The van der Waals surface area contributed by atoms with Crippen molar-refractivity contribution < 1.29 is 19.5 Å². The van der Waals surface area contributed by atoms with Gasteiger partial charge in [0, 0.05) is 14.1 Å². The lowest BCUT2D eigenvalue weighted by atomic mass is 9.84. The van der Waals surface area contributed by atoms with E-state index in [-0.39, 0.29) is 18.4 Å². The van der Waals surface area contributed by atoms with Gasteiger partial charge in [0.25, 0.3) is 0 Å². The Labute approximate surface area is 118 Å². The van der Waals surface area contributed by atoms with Crippen LogP contribution >= 0.6 is 0 Å². The predicted molar refractivity (Wildman–Crippen MR) is 73.2 cm³/mol. The standard InChI is InChI=1S/C13H23N3O4/c1-16(2)10(17)8-14-13(20)15-11(12(18)19)9-6-4-3-5-7-9/h9,11H,3-8H2,1-2H3,(H,18,19)(H2,14,15,20). The van der Waals surface area contributed by atoms with Crippen LogP contribution in [-0.4, -0.2) is 54.6 Å². The molecule has 1 fully saturated rings. The Bertz CT molecular complexity index is 365. The molecule has 1 aliphatic carbocycles. The van der Waals surface area contributed by atoms with Crippen LogP contribution in [0.4, 0.5) is 4.79 Å². The number of hydrogen-bond donors (Lipinski definition) is 3. The van der Waals surface area contributed by atoms with Crippen LogP contribution in [-0.2, 0) is 9.59 Å². The molecule has 1 atom stereocenters. The van der Waals surface area contributed by atoms with Crippen molar-refractivity contribution in [2.45, 2.75) is 38.1 Å². The first-order valence-corrected chi connectivity index (χ1v) is 6.89. The fraction of sp³-hybridized carbons (Fsp3) is 0.769. The van der Waals surface area contributed by atoms with Crippen molar-refractivity contribution >= 4 is 17.9 Å². The Hall–Kier alpha value is -1.79. The second kappa shape index (κ2) is 7.72. The topological polar surface area (TPSA) is 98.7 Å². The number of amides is 3. The fourth-order valence-corrected chi connectivity index (χ4v) is 2.35. The highest BCUT2D eigenvalue weighted by atomic mass is 16.4. The lowest BCUT2D eigenvalue weighted by Gasteiger charge is -2.28. The van der Waals surface area contributed by atoms with E-state index in [1.165, 1.54) is 4.90 Å². The smallest absolute Gasteiger partial charge is 0.326 e. The number of nitrogens with zero attached hydrogens (tertiary/aromatic N) is 1. The van der Waals surface area contributed by atoms with Gasteiger partial charge in [0.15, 0.2) is 0 Å². The van der Waals surface area contributed by atoms with Crippen LogP contribution < -0.4 is 10.6 Å². The average Bonchev–Trinajstić information content (AvgIpc) is 2.42. The number of carboxylic acid groups (broad SMARTS) is 1. The van der Waals surface area contributed by atoms with E-state index < -0.39 is 18.0 Å². The summed E-state index contributed by atoms with van der Waals surface area (Å²) < 4.78 is 0. The molecule has 0 aromatic heterocycles. The zero-order valence-electron chi connectivity index (χ0n) is 12.0. The number of urea groups is 1. The van der Waals surface area contributed by atoms with E-state index in [0.717, 1.165) is 32.1 Å². The van der Waals surface area contributed by atoms with E-state index in [4.69, 9.17) is 0 Å². The molecule has 0 radical (unpaired) electrons. The lowest BCUT2D eigenvalue weighted by molar-refractivity contribution is -0.141. The molecule has 0 aromatic carbocycles. The first kappa shape index (κ1) is 16.3. The molecule has 3 amide bonds. The number of likely N-dealkylation sites (N-methyl/N-ethyl adjacent to an activating group) is 1. The Kier molecular flexibility index (Phi) is 6.27. The van der Waals surface area contributed by atoms with Gasteiger partial charge >= 0.3 is 12.0 Å². The highest BCUT2D eigenvalue weighted by molar-refractivity contribution is 5.86. The SMILES string of the molecule is CN(C)C(=O)CNC(=O)NC(C(=O)O)C1CCCCC1. The van der Waals surface area contributed by atoms with Gasteiger partial charge in [0.1, 0.15) is 6.04 Å². The number of carboxylic acids is 1. The summed E-state index contributed by atoms with van der Waals surface area (Å²) in [6, 6.07) is -1.50. The van der Waals surface area contributed by atoms with Gasteiger partial charge in [-0.2, -0.15) is 0 Å². The zero-order valence-corrected chi connectivity index (χ0v) is 12.0. The summed E-state index contributed by atoms with van der Waals surface area (Å²) in [5, 5.41) is 14.1. The summed E-state index contributed by atoms with van der Waals surface area (Å²) in [6.07, 6.45) is 4.74. The first-order chi connectivity index (χ1) is 9.41. The third-order valence-electron chi connectivity index (χ3n) is 3.57. The molecule has 3 N–H and O–H groups in total.